The van der Waals surface area contributed by atoms with Gasteiger partial charge in [0.25, 0.3) is 5.91 Å². The van der Waals surface area contributed by atoms with Gasteiger partial charge in [0.1, 0.15) is 5.75 Å². The molecule has 1 amide bonds. The quantitative estimate of drug-likeness (QED) is 0.720. The summed E-state index contributed by atoms with van der Waals surface area (Å²) in [6, 6.07) is 14.4. The van der Waals surface area contributed by atoms with Crippen molar-refractivity contribution in [1.82, 2.24) is 0 Å². The third-order valence-corrected chi connectivity index (χ3v) is 3.91. The molecule has 0 saturated heterocycles. The number of hydrogen-bond donors (Lipinski definition) is 1. The fourth-order valence-electron chi connectivity index (χ4n) is 2.45. The van der Waals surface area contributed by atoms with Crippen LogP contribution in [0, 0.1) is 0 Å². The topological polar surface area (TPSA) is 64.6 Å². The Morgan fingerprint density at radius 3 is 2.38 bits per heavy atom. The molecule has 2 aromatic carbocycles. The minimum Gasteiger partial charge on any atom is -0.481 e. The van der Waals surface area contributed by atoms with Crippen LogP contribution >= 0.6 is 0 Å². The smallest absolute Gasteiger partial charge is 0.338 e. The maximum Gasteiger partial charge on any atom is 0.338 e. The predicted molar refractivity (Wildman–Crippen MR) is 102 cm³/mol. The molecule has 0 aliphatic rings. The number of carbonyl (C=O) groups is 2. The molecule has 1 unspecified atom stereocenters. The molecule has 0 saturated carbocycles. The van der Waals surface area contributed by atoms with Gasteiger partial charge in [-0.15, -0.1) is 0 Å². The summed E-state index contributed by atoms with van der Waals surface area (Å²) in [5.41, 5.74) is 2.14. The predicted octanol–water partition coefficient (Wildman–Crippen LogP) is 4.22. The first kappa shape index (κ1) is 19.5. The van der Waals surface area contributed by atoms with Gasteiger partial charge in [0.2, 0.25) is 0 Å². The Balaban J connectivity index is 2.04. The number of rotatable bonds is 8. The van der Waals surface area contributed by atoms with E-state index in [4.69, 9.17) is 9.47 Å². The van der Waals surface area contributed by atoms with Gasteiger partial charge >= 0.3 is 5.97 Å². The van der Waals surface area contributed by atoms with Crippen LogP contribution in [0.5, 0.6) is 5.75 Å². The van der Waals surface area contributed by atoms with E-state index in [1.807, 2.05) is 31.2 Å². The lowest BCUT2D eigenvalue weighted by Crippen LogP contribution is -2.32. The number of ether oxygens (including phenoxy) is 2. The summed E-state index contributed by atoms with van der Waals surface area (Å²) < 4.78 is 10.8. The lowest BCUT2D eigenvalue weighted by molar-refractivity contribution is -0.122. The average Bonchev–Trinajstić information content (AvgIpc) is 2.67. The first-order valence-electron chi connectivity index (χ1n) is 8.91. The van der Waals surface area contributed by atoms with Crippen LogP contribution in [0.3, 0.4) is 0 Å². The Morgan fingerprint density at radius 2 is 1.77 bits per heavy atom. The molecular formula is C21H25NO4. The summed E-state index contributed by atoms with van der Waals surface area (Å²) in [4.78, 5) is 24.3. The van der Waals surface area contributed by atoms with E-state index in [9.17, 15) is 9.59 Å². The average molecular weight is 355 g/mol. The highest BCUT2D eigenvalue weighted by Crippen LogP contribution is 2.17. The molecular weight excluding hydrogens is 330 g/mol. The first-order chi connectivity index (χ1) is 12.6. The summed E-state index contributed by atoms with van der Waals surface area (Å²) in [6.45, 7) is 6.03. The molecule has 0 radical (unpaired) electrons. The number of aryl methyl sites for hydroxylation is 1. The van der Waals surface area contributed by atoms with Gasteiger partial charge in [0, 0.05) is 5.69 Å². The molecule has 2 rings (SSSR count). The number of amides is 1. The van der Waals surface area contributed by atoms with E-state index in [2.05, 4.69) is 12.2 Å². The zero-order valence-corrected chi connectivity index (χ0v) is 15.5. The largest absolute Gasteiger partial charge is 0.481 e. The molecule has 26 heavy (non-hydrogen) atoms. The standard InChI is InChI=1S/C21H25NO4/c1-4-15-10-12-18(13-11-15)26-19(5-2)20(23)22-17-9-7-8-16(14-17)21(24)25-6-3/h7-14,19H,4-6H2,1-3H3,(H,22,23). The van der Waals surface area contributed by atoms with E-state index < -0.39 is 12.1 Å². The fraction of sp³-hybridized carbons (Fsp3) is 0.333. The molecule has 0 spiro atoms. The van der Waals surface area contributed by atoms with Crippen molar-refractivity contribution in [3.8, 4) is 5.75 Å². The van der Waals surface area contributed by atoms with Gasteiger partial charge in [-0.25, -0.2) is 4.79 Å². The highest BCUT2D eigenvalue weighted by molar-refractivity contribution is 5.96. The van der Waals surface area contributed by atoms with Gasteiger partial charge in [-0.1, -0.05) is 32.0 Å². The maximum absolute atomic E-state index is 12.5. The Hall–Kier alpha value is -2.82. The van der Waals surface area contributed by atoms with Crippen molar-refractivity contribution < 1.29 is 19.1 Å². The Bertz CT molecular complexity index is 740. The van der Waals surface area contributed by atoms with Gasteiger partial charge in [0.15, 0.2) is 6.10 Å². The van der Waals surface area contributed by atoms with Crippen LogP contribution in [0.15, 0.2) is 48.5 Å². The van der Waals surface area contributed by atoms with Gasteiger partial charge in [-0.2, -0.15) is 0 Å². The molecule has 5 heteroatoms. The van der Waals surface area contributed by atoms with Crippen LogP contribution < -0.4 is 10.1 Å². The normalized spacial score (nSPS) is 11.5. The lowest BCUT2D eigenvalue weighted by Gasteiger charge is -2.17. The van der Waals surface area contributed by atoms with Crippen molar-refractivity contribution in [1.29, 1.82) is 0 Å². The molecule has 1 N–H and O–H groups in total. The third kappa shape index (κ3) is 5.34. The number of carbonyl (C=O) groups excluding carboxylic acids is 2. The minimum atomic E-state index is -0.617. The van der Waals surface area contributed by atoms with Crippen LogP contribution in [-0.2, 0) is 16.0 Å². The van der Waals surface area contributed by atoms with Gasteiger partial charge in [-0.3, -0.25) is 4.79 Å². The lowest BCUT2D eigenvalue weighted by atomic mass is 10.1. The first-order valence-corrected chi connectivity index (χ1v) is 8.91. The zero-order chi connectivity index (χ0) is 18.9. The van der Waals surface area contributed by atoms with E-state index in [1.54, 1.807) is 31.2 Å². The number of anilines is 1. The van der Waals surface area contributed by atoms with E-state index in [0.29, 0.717) is 30.0 Å². The monoisotopic (exact) mass is 355 g/mol. The second-order valence-corrected chi connectivity index (χ2v) is 5.80. The molecule has 0 bridgehead atoms. The molecule has 0 fully saturated rings. The summed E-state index contributed by atoms with van der Waals surface area (Å²) in [7, 11) is 0. The van der Waals surface area contributed by atoms with Crippen molar-refractivity contribution in [2.75, 3.05) is 11.9 Å². The van der Waals surface area contributed by atoms with E-state index in [1.165, 1.54) is 5.56 Å². The SMILES string of the molecule is CCOC(=O)c1cccc(NC(=O)C(CC)Oc2ccc(CC)cc2)c1. The molecule has 1 atom stereocenters. The number of esters is 1. The molecule has 0 heterocycles. The molecule has 0 aliphatic carbocycles. The van der Waals surface area contributed by atoms with Gasteiger partial charge < -0.3 is 14.8 Å². The van der Waals surface area contributed by atoms with Crippen molar-refractivity contribution in [2.24, 2.45) is 0 Å². The second kappa shape index (κ2) is 9.61. The maximum atomic E-state index is 12.5. The molecule has 0 aliphatic heterocycles. The molecule has 0 aromatic heterocycles. The highest BCUT2D eigenvalue weighted by Gasteiger charge is 2.19. The molecule has 2 aromatic rings. The number of hydrogen-bond acceptors (Lipinski definition) is 4. The van der Waals surface area contributed by atoms with Crippen molar-refractivity contribution >= 4 is 17.6 Å². The number of benzene rings is 2. The zero-order valence-electron chi connectivity index (χ0n) is 15.5. The van der Waals surface area contributed by atoms with Crippen molar-refractivity contribution in [3.05, 3.63) is 59.7 Å². The van der Waals surface area contributed by atoms with Gasteiger partial charge in [-0.05, 0) is 55.7 Å². The van der Waals surface area contributed by atoms with Crippen molar-refractivity contribution in [2.45, 2.75) is 39.7 Å². The van der Waals surface area contributed by atoms with Crippen LogP contribution in [0.1, 0.15) is 43.1 Å². The van der Waals surface area contributed by atoms with Crippen molar-refractivity contribution in [3.63, 3.8) is 0 Å². The number of nitrogens with one attached hydrogen (secondary N) is 1. The summed E-state index contributed by atoms with van der Waals surface area (Å²) in [5.74, 6) is -0.0135. The van der Waals surface area contributed by atoms with Gasteiger partial charge in [0.05, 0.1) is 12.2 Å². The van der Waals surface area contributed by atoms with E-state index in [-0.39, 0.29) is 5.91 Å². The van der Waals surface area contributed by atoms with Crippen LogP contribution in [0.4, 0.5) is 5.69 Å². The molecule has 138 valence electrons. The van der Waals surface area contributed by atoms with E-state index in [0.717, 1.165) is 6.42 Å². The molecule has 5 nitrogen and oxygen atoms in total. The van der Waals surface area contributed by atoms with Crippen LogP contribution in [0.25, 0.3) is 0 Å². The minimum absolute atomic E-state index is 0.256. The fourth-order valence-corrected chi connectivity index (χ4v) is 2.45. The third-order valence-electron chi connectivity index (χ3n) is 3.91. The highest BCUT2D eigenvalue weighted by atomic mass is 16.5. The Labute approximate surface area is 154 Å². The Kier molecular flexibility index (Phi) is 7.21. The summed E-state index contributed by atoms with van der Waals surface area (Å²) in [5, 5.41) is 2.80. The van der Waals surface area contributed by atoms with Crippen LogP contribution in [0.2, 0.25) is 0 Å². The summed E-state index contributed by atoms with van der Waals surface area (Å²) >= 11 is 0. The van der Waals surface area contributed by atoms with Crippen LogP contribution in [-0.4, -0.2) is 24.6 Å². The summed E-state index contributed by atoms with van der Waals surface area (Å²) in [6.07, 6.45) is 0.863. The Morgan fingerprint density at radius 1 is 1.04 bits per heavy atom. The second-order valence-electron chi connectivity index (χ2n) is 5.80. The van der Waals surface area contributed by atoms with E-state index >= 15 is 0 Å².